The van der Waals surface area contributed by atoms with E-state index < -0.39 is 11.8 Å². The lowest BCUT2D eigenvalue weighted by molar-refractivity contribution is -0.130. The third-order valence-corrected chi connectivity index (χ3v) is 2.83. The van der Waals surface area contributed by atoms with Crippen LogP contribution in [0.5, 0.6) is 5.75 Å². The predicted molar refractivity (Wildman–Crippen MR) is 74.9 cm³/mol. The molecule has 0 saturated heterocycles. The normalized spacial score (nSPS) is 11.2. The summed E-state index contributed by atoms with van der Waals surface area (Å²) in [6, 6.07) is 12.7. The standard InChI is InChI=1S/C16H13FO3/c1-20-15-9-5-3-7-12(15)13(16(18)19)10-11-6-2-4-8-14(11)17/h2-10H,1H3,(H,18,19)/b13-10+. The highest BCUT2D eigenvalue weighted by atomic mass is 19.1. The first-order valence-electron chi connectivity index (χ1n) is 5.96. The summed E-state index contributed by atoms with van der Waals surface area (Å²) in [6.07, 6.45) is 1.30. The average Bonchev–Trinajstić information content (AvgIpc) is 2.46. The smallest absolute Gasteiger partial charge is 0.336 e. The lowest BCUT2D eigenvalue weighted by atomic mass is 10.0. The Morgan fingerprint density at radius 1 is 1.15 bits per heavy atom. The van der Waals surface area contributed by atoms with E-state index >= 15 is 0 Å². The topological polar surface area (TPSA) is 46.5 Å². The van der Waals surface area contributed by atoms with Gasteiger partial charge in [-0.05, 0) is 18.2 Å². The Bertz CT molecular complexity index is 662. The Balaban J connectivity index is 2.58. The van der Waals surface area contributed by atoms with E-state index in [0.29, 0.717) is 11.3 Å². The first kappa shape index (κ1) is 13.8. The van der Waals surface area contributed by atoms with Crippen LogP contribution in [0.25, 0.3) is 11.6 Å². The van der Waals surface area contributed by atoms with E-state index in [1.807, 2.05) is 0 Å². The molecule has 102 valence electrons. The average molecular weight is 272 g/mol. The third-order valence-electron chi connectivity index (χ3n) is 2.83. The summed E-state index contributed by atoms with van der Waals surface area (Å²) >= 11 is 0. The van der Waals surface area contributed by atoms with Crippen molar-refractivity contribution in [1.29, 1.82) is 0 Å². The van der Waals surface area contributed by atoms with Gasteiger partial charge in [0.25, 0.3) is 0 Å². The van der Waals surface area contributed by atoms with Crippen LogP contribution in [0.1, 0.15) is 11.1 Å². The van der Waals surface area contributed by atoms with Gasteiger partial charge in [0.05, 0.1) is 12.7 Å². The van der Waals surface area contributed by atoms with Crippen molar-refractivity contribution in [1.82, 2.24) is 0 Å². The molecule has 0 aromatic heterocycles. The summed E-state index contributed by atoms with van der Waals surface area (Å²) in [5.74, 6) is -1.18. The number of carboxylic acid groups (broad SMARTS) is 1. The van der Waals surface area contributed by atoms with E-state index in [1.165, 1.54) is 25.3 Å². The van der Waals surface area contributed by atoms with E-state index in [-0.39, 0.29) is 11.1 Å². The summed E-state index contributed by atoms with van der Waals surface area (Å²) in [5, 5.41) is 9.35. The number of halogens is 1. The van der Waals surface area contributed by atoms with E-state index in [2.05, 4.69) is 0 Å². The quantitative estimate of drug-likeness (QED) is 0.685. The number of para-hydroxylation sites is 1. The second-order valence-corrected chi connectivity index (χ2v) is 4.08. The molecule has 0 fully saturated rings. The molecule has 0 aliphatic carbocycles. The summed E-state index contributed by atoms with van der Waals surface area (Å²) in [6.45, 7) is 0. The van der Waals surface area contributed by atoms with Gasteiger partial charge < -0.3 is 9.84 Å². The van der Waals surface area contributed by atoms with E-state index in [4.69, 9.17) is 4.74 Å². The van der Waals surface area contributed by atoms with Crippen LogP contribution in [0, 0.1) is 5.82 Å². The second-order valence-electron chi connectivity index (χ2n) is 4.08. The van der Waals surface area contributed by atoms with Gasteiger partial charge in [-0.1, -0.05) is 36.4 Å². The maximum atomic E-state index is 13.6. The van der Waals surface area contributed by atoms with Crippen molar-refractivity contribution in [2.24, 2.45) is 0 Å². The zero-order valence-corrected chi connectivity index (χ0v) is 10.8. The van der Waals surface area contributed by atoms with E-state index in [1.54, 1.807) is 36.4 Å². The highest BCUT2D eigenvalue weighted by Gasteiger charge is 2.15. The van der Waals surface area contributed by atoms with Gasteiger partial charge in [0, 0.05) is 11.1 Å². The van der Waals surface area contributed by atoms with Gasteiger partial charge in [-0.3, -0.25) is 0 Å². The van der Waals surface area contributed by atoms with Crippen molar-refractivity contribution < 1.29 is 19.0 Å². The molecule has 3 nitrogen and oxygen atoms in total. The minimum absolute atomic E-state index is 0.0208. The molecule has 0 heterocycles. The molecule has 0 atom stereocenters. The van der Waals surface area contributed by atoms with Crippen LogP contribution in [-0.2, 0) is 4.79 Å². The lowest BCUT2D eigenvalue weighted by Crippen LogP contribution is -2.02. The van der Waals surface area contributed by atoms with Crippen molar-refractivity contribution in [3.63, 3.8) is 0 Å². The number of carbonyl (C=O) groups is 1. The highest BCUT2D eigenvalue weighted by Crippen LogP contribution is 2.28. The van der Waals surface area contributed by atoms with Crippen LogP contribution in [0.15, 0.2) is 48.5 Å². The Hall–Kier alpha value is -2.62. The molecule has 0 amide bonds. The largest absolute Gasteiger partial charge is 0.496 e. The summed E-state index contributed by atoms with van der Waals surface area (Å²) in [5.41, 5.74) is 0.606. The van der Waals surface area contributed by atoms with Crippen LogP contribution in [0.2, 0.25) is 0 Å². The van der Waals surface area contributed by atoms with E-state index in [0.717, 1.165) is 0 Å². The fraction of sp³-hybridized carbons (Fsp3) is 0.0625. The van der Waals surface area contributed by atoms with Gasteiger partial charge in [-0.2, -0.15) is 0 Å². The number of aliphatic carboxylic acids is 1. The molecule has 0 spiro atoms. The zero-order chi connectivity index (χ0) is 14.5. The first-order chi connectivity index (χ1) is 9.63. The molecule has 0 unspecified atom stereocenters. The molecule has 0 aliphatic heterocycles. The van der Waals surface area contributed by atoms with Crippen molar-refractivity contribution in [2.45, 2.75) is 0 Å². The van der Waals surface area contributed by atoms with Crippen LogP contribution in [0.4, 0.5) is 4.39 Å². The predicted octanol–water partition coefficient (Wildman–Crippen LogP) is 3.46. The summed E-state index contributed by atoms with van der Waals surface area (Å²) < 4.78 is 18.8. The van der Waals surface area contributed by atoms with Crippen LogP contribution >= 0.6 is 0 Å². The number of methoxy groups -OCH3 is 1. The van der Waals surface area contributed by atoms with Gasteiger partial charge in [0.2, 0.25) is 0 Å². The molecule has 2 aromatic carbocycles. The highest BCUT2D eigenvalue weighted by molar-refractivity contribution is 6.21. The molecule has 0 saturated carbocycles. The minimum Gasteiger partial charge on any atom is -0.496 e. The molecule has 0 bridgehead atoms. The fourth-order valence-electron chi connectivity index (χ4n) is 1.87. The molecule has 0 radical (unpaired) electrons. The molecule has 2 aromatic rings. The fourth-order valence-corrected chi connectivity index (χ4v) is 1.87. The maximum absolute atomic E-state index is 13.6. The summed E-state index contributed by atoms with van der Waals surface area (Å²) in [7, 11) is 1.46. The zero-order valence-electron chi connectivity index (χ0n) is 10.8. The van der Waals surface area contributed by atoms with Gasteiger partial charge in [0.1, 0.15) is 11.6 Å². The number of hydrogen-bond acceptors (Lipinski definition) is 2. The SMILES string of the molecule is COc1ccccc1/C(=C\c1ccccc1F)C(=O)O. The van der Waals surface area contributed by atoms with Crippen molar-refractivity contribution in [3.05, 3.63) is 65.5 Å². The third kappa shape index (κ3) is 2.85. The Labute approximate surface area is 115 Å². The van der Waals surface area contributed by atoms with Gasteiger partial charge in [-0.15, -0.1) is 0 Å². The van der Waals surface area contributed by atoms with Crippen LogP contribution in [-0.4, -0.2) is 18.2 Å². The van der Waals surface area contributed by atoms with Crippen molar-refractivity contribution in [2.75, 3.05) is 7.11 Å². The van der Waals surface area contributed by atoms with Gasteiger partial charge in [0.15, 0.2) is 0 Å². The second kappa shape index (κ2) is 6.02. The monoisotopic (exact) mass is 272 g/mol. The minimum atomic E-state index is -1.14. The molecule has 1 N–H and O–H groups in total. The Kier molecular flexibility index (Phi) is 4.15. The lowest BCUT2D eigenvalue weighted by Gasteiger charge is -2.09. The van der Waals surface area contributed by atoms with Gasteiger partial charge in [-0.25, -0.2) is 9.18 Å². The Morgan fingerprint density at radius 3 is 2.45 bits per heavy atom. The number of carboxylic acids is 1. The van der Waals surface area contributed by atoms with Crippen molar-refractivity contribution in [3.8, 4) is 5.75 Å². The van der Waals surface area contributed by atoms with E-state index in [9.17, 15) is 14.3 Å². The maximum Gasteiger partial charge on any atom is 0.336 e. The number of benzene rings is 2. The molecule has 2 rings (SSSR count). The molecule has 20 heavy (non-hydrogen) atoms. The molecular formula is C16H13FO3. The molecular weight excluding hydrogens is 259 g/mol. The summed E-state index contributed by atoms with van der Waals surface area (Å²) in [4.78, 5) is 11.4. The molecule has 4 heteroatoms. The number of rotatable bonds is 4. The van der Waals surface area contributed by atoms with Crippen LogP contribution < -0.4 is 4.74 Å². The molecule has 0 aliphatic rings. The first-order valence-corrected chi connectivity index (χ1v) is 5.96. The number of hydrogen-bond donors (Lipinski definition) is 1. The number of ether oxygens (including phenoxy) is 1. The van der Waals surface area contributed by atoms with Crippen molar-refractivity contribution >= 4 is 17.6 Å². The Morgan fingerprint density at radius 2 is 1.80 bits per heavy atom. The van der Waals surface area contributed by atoms with Gasteiger partial charge >= 0.3 is 5.97 Å². The van der Waals surface area contributed by atoms with Crippen LogP contribution in [0.3, 0.4) is 0 Å².